The number of hydrogen-bond donors (Lipinski definition) is 2. The predicted molar refractivity (Wildman–Crippen MR) is 130 cm³/mol. The van der Waals surface area contributed by atoms with E-state index >= 15 is 0 Å². The van der Waals surface area contributed by atoms with Crippen LogP contribution in [-0.2, 0) is 17.8 Å². The number of benzene rings is 1. The summed E-state index contributed by atoms with van der Waals surface area (Å²) in [6.07, 6.45) is 2.91. The van der Waals surface area contributed by atoms with Crippen LogP contribution in [0.5, 0.6) is 0 Å². The molecule has 2 N–H and O–H groups in total. The van der Waals surface area contributed by atoms with Gasteiger partial charge in [0.1, 0.15) is 0 Å². The topological polar surface area (TPSA) is 69.2 Å². The minimum atomic E-state index is -0.206. The van der Waals surface area contributed by atoms with Gasteiger partial charge in [-0.3, -0.25) is 9.89 Å². The molecule has 2 aliphatic rings. The summed E-state index contributed by atoms with van der Waals surface area (Å²) in [5, 5.41) is 7.03. The van der Waals surface area contributed by atoms with Gasteiger partial charge in [0.25, 0.3) is 0 Å². The molecule has 2 aliphatic heterocycles. The average molecular weight is 444 g/mol. The van der Waals surface area contributed by atoms with E-state index in [0.29, 0.717) is 25.7 Å². The fourth-order valence-electron chi connectivity index (χ4n) is 5.03. The molecule has 0 spiro atoms. The lowest BCUT2D eigenvalue weighted by atomic mass is 9.91. The van der Waals surface area contributed by atoms with Gasteiger partial charge in [0.05, 0.1) is 6.61 Å². The summed E-state index contributed by atoms with van der Waals surface area (Å²) in [6, 6.07) is 9.02. The zero-order valence-electron chi connectivity index (χ0n) is 20.3. The van der Waals surface area contributed by atoms with Crippen molar-refractivity contribution in [3.8, 4) is 0 Å². The highest BCUT2D eigenvalue weighted by atomic mass is 16.6. The Kier molecular flexibility index (Phi) is 9.21. The van der Waals surface area contributed by atoms with E-state index in [-0.39, 0.29) is 6.09 Å². The highest BCUT2D eigenvalue weighted by molar-refractivity contribution is 5.80. The highest BCUT2D eigenvalue weighted by Crippen LogP contribution is 2.23. The molecule has 0 aromatic heterocycles. The first kappa shape index (κ1) is 24.4. The van der Waals surface area contributed by atoms with Gasteiger partial charge in [0.2, 0.25) is 0 Å². The Morgan fingerprint density at radius 2 is 1.78 bits per heavy atom. The molecule has 2 unspecified atom stereocenters. The third-order valence-corrected chi connectivity index (χ3v) is 6.49. The number of aliphatic imine (C=N–C) groups is 1. The van der Waals surface area contributed by atoms with E-state index in [4.69, 9.17) is 4.74 Å². The Bertz CT molecular complexity index is 750. The first-order chi connectivity index (χ1) is 15.5. The summed E-state index contributed by atoms with van der Waals surface area (Å²) in [4.78, 5) is 20.7. The van der Waals surface area contributed by atoms with Gasteiger partial charge in [0, 0.05) is 52.4 Å². The lowest BCUT2D eigenvalue weighted by molar-refractivity contribution is 0.0963. The van der Waals surface area contributed by atoms with Gasteiger partial charge in [-0.25, -0.2) is 4.79 Å². The van der Waals surface area contributed by atoms with Crippen LogP contribution in [0, 0.1) is 11.8 Å². The van der Waals surface area contributed by atoms with Crippen LogP contribution >= 0.6 is 0 Å². The maximum Gasteiger partial charge on any atom is 0.409 e. The molecule has 3 rings (SSSR count). The Hall–Kier alpha value is -2.28. The summed E-state index contributed by atoms with van der Waals surface area (Å²) in [6.45, 7) is 12.5. The minimum Gasteiger partial charge on any atom is -0.450 e. The number of carbonyl (C=O) groups excluding carboxylic acids is 1. The quantitative estimate of drug-likeness (QED) is 0.521. The van der Waals surface area contributed by atoms with Gasteiger partial charge in [-0.2, -0.15) is 0 Å². The summed E-state index contributed by atoms with van der Waals surface area (Å²) in [7, 11) is 1.81. The normalized spacial score (nSPS) is 23.1. The first-order valence-corrected chi connectivity index (χ1v) is 12.2. The molecule has 7 heteroatoms. The van der Waals surface area contributed by atoms with Gasteiger partial charge in [-0.1, -0.05) is 38.1 Å². The van der Waals surface area contributed by atoms with Crippen molar-refractivity contribution in [1.29, 1.82) is 0 Å². The van der Waals surface area contributed by atoms with Crippen LogP contribution in [0.2, 0.25) is 0 Å². The second-order valence-corrected chi connectivity index (χ2v) is 9.44. The molecular weight excluding hydrogens is 402 g/mol. The second kappa shape index (κ2) is 12.1. The van der Waals surface area contributed by atoms with Crippen molar-refractivity contribution < 1.29 is 9.53 Å². The van der Waals surface area contributed by atoms with Crippen molar-refractivity contribution in [2.75, 3.05) is 39.8 Å². The van der Waals surface area contributed by atoms with E-state index in [2.05, 4.69) is 58.6 Å². The Balaban J connectivity index is 1.50. The molecule has 0 saturated carbocycles. The van der Waals surface area contributed by atoms with Gasteiger partial charge < -0.3 is 20.3 Å². The number of ether oxygens (including phenoxy) is 1. The van der Waals surface area contributed by atoms with Crippen LogP contribution in [0.25, 0.3) is 0 Å². The van der Waals surface area contributed by atoms with E-state index in [1.54, 1.807) is 4.90 Å². The summed E-state index contributed by atoms with van der Waals surface area (Å²) in [5.41, 5.74) is 2.71. The molecule has 178 valence electrons. The van der Waals surface area contributed by atoms with Crippen molar-refractivity contribution in [3.05, 3.63) is 35.4 Å². The number of hydrogen-bond acceptors (Lipinski definition) is 4. The van der Waals surface area contributed by atoms with Crippen molar-refractivity contribution >= 4 is 12.1 Å². The summed E-state index contributed by atoms with van der Waals surface area (Å²) < 4.78 is 5.11. The fourth-order valence-corrected chi connectivity index (χ4v) is 5.03. The smallest absolute Gasteiger partial charge is 0.409 e. The second-order valence-electron chi connectivity index (χ2n) is 9.44. The van der Waals surface area contributed by atoms with Gasteiger partial charge >= 0.3 is 6.09 Å². The highest BCUT2D eigenvalue weighted by Gasteiger charge is 2.24. The molecule has 1 aromatic carbocycles. The maximum absolute atomic E-state index is 11.9. The van der Waals surface area contributed by atoms with Crippen LogP contribution in [0.3, 0.4) is 0 Å². The van der Waals surface area contributed by atoms with Gasteiger partial charge in [-0.05, 0) is 49.1 Å². The number of amides is 1. The standard InChI is InChI=1S/C25H41N5O2/c1-5-32-25(31)30-12-10-23(11-13-30)28-24(26-4)27-15-21-8-6-7-9-22(21)18-29-16-19(2)14-20(3)17-29/h6-9,19-20,23H,5,10-18H2,1-4H3,(H2,26,27,28). The van der Waals surface area contributed by atoms with Crippen LogP contribution in [-0.4, -0.2) is 67.7 Å². The molecule has 0 bridgehead atoms. The molecule has 2 fully saturated rings. The molecule has 0 radical (unpaired) electrons. The Morgan fingerprint density at radius 1 is 1.12 bits per heavy atom. The molecule has 2 saturated heterocycles. The molecule has 2 heterocycles. The zero-order valence-corrected chi connectivity index (χ0v) is 20.3. The van der Waals surface area contributed by atoms with E-state index < -0.39 is 0 Å². The predicted octanol–water partition coefficient (Wildman–Crippen LogP) is 3.45. The van der Waals surface area contributed by atoms with Crippen molar-refractivity contribution in [3.63, 3.8) is 0 Å². The van der Waals surface area contributed by atoms with Crippen molar-refractivity contribution in [2.45, 2.75) is 59.2 Å². The van der Waals surface area contributed by atoms with Crippen LogP contribution in [0.15, 0.2) is 29.3 Å². The molecule has 1 amide bonds. The average Bonchev–Trinajstić information content (AvgIpc) is 2.77. The van der Waals surface area contributed by atoms with Crippen LogP contribution < -0.4 is 10.6 Å². The van der Waals surface area contributed by atoms with Crippen LogP contribution in [0.4, 0.5) is 4.79 Å². The Labute approximate surface area is 193 Å². The Morgan fingerprint density at radius 3 is 2.41 bits per heavy atom. The van der Waals surface area contributed by atoms with E-state index in [0.717, 1.165) is 43.7 Å². The first-order valence-electron chi connectivity index (χ1n) is 12.2. The SMILES string of the molecule is CCOC(=O)N1CCC(NC(=NC)NCc2ccccc2CN2CC(C)CC(C)C2)CC1. The number of nitrogens with one attached hydrogen (secondary N) is 2. The number of guanidine groups is 1. The molecule has 2 atom stereocenters. The largest absolute Gasteiger partial charge is 0.450 e. The zero-order chi connectivity index (χ0) is 22.9. The molecule has 7 nitrogen and oxygen atoms in total. The van der Waals surface area contributed by atoms with E-state index in [1.165, 1.54) is 30.6 Å². The number of carbonyl (C=O) groups is 1. The fraction of sp³-hybridized carbons (Fsp3) is 0.680. The van der Waals surface area contributed by atoms with Crippen LogP contribution in [0.1, 0.15) is 51.2 Å². The number of piperidine rings is 2. The third kappa shape index (κ3) is 7.12. The molecular formula is C25H41N5O2. The van der Waals surface area contributed by atoms with Crippen molar-refractivity contribution in [1.82, 2.24) is 20.4 Å². The maximum atomic E-state index is 11.9. The number of likely N-dealkylation sites (tertiary alicyclic amines) is 2. The molecule has 32 heavy (non-hydrogen) atoms. The van der Waals surface area contributed by atoms with E-state index in [9.17, 15) is 4.79 Å². The third-order valence-electron chi connectivity index (χ3n) is 6.49. The molecule has 1 aromatic rings. The lowest BCUT2D eigenvalue weighted by Gasteiger charge is -2.35. The van der Waals surface area contributed by atoms with Gasteiger partial charge in [-0.15, -0.1) is 0 Å². The monoisotopic (exact) mass is 443 g/mol. The van der Waals surface area contributed by atoms with Crippen molar-refractivity contribution in [2.24, 2.45) is 16.8 Å². The number of rotatable bonds is 6. The minimum absolute atomic E-state index is 0.206. The summed E-state index contributed by atoms with van der Waals surface area (Å²) >= 11 is 0. The number of nitrogens with zero attached hydrogens (tertiary/aromatic N) is 3. The summed E-state index contributed by atoms with van der Waals surface area (Å²) in [5.74, 6) is 2.35. The molecule has 0 aliphatic carbocycles. The van der Waals surface area contributed by atoms with E-state index in [1.807, 2.05) is 14.0 Å². The lowest BCUT2D eigenvalue weighted by Crippen LogP contribution is -2.49. The van der Waals surface area contributed by atoms with Gasteiger partial charge in [0.15, 0.2) is 5.96 Å².